The van der Waals surface area contributed by atoms with E-state index in [4.69, 9.17) is 32.9 Å². The second kappa shape index (κ2) is 8.89. The highest BCUT2D eigenvalue weighted by Crippen LogP contribution is 2.34. The number of carbonyl (C=O) groups excluding carboxylic acids is 1. The molecule has 2 aliphatic heterocycles. The third kappa shape index (κ3) is 4.17. The number of imidazole rings is 1. The Morgan fingerprint density at radius 3 is 2.62 bits per heavy atom. The number of carbonyl (C=O) groups is 1. The Bertz CT molecular complexity index is 1130. The van der Waals surface area contributed by atoms with Gasteiger partial charge in [-0.3, -0.25) is 9.36 Å². The van der Waals surface area contributed by atoms with E-state index in [1.807, 2.05) is 35.9 Å². The molecule has 2 saturated heterocycles. The van der Waals surface area contributed by atoms with Crippen LogP contribution in [0.25, 0.3) is 16.9 Å². The number of hydrogen-bond donors (Lipinski definition) is 1. The van der Waals surface area contributed by atoms with Gasteiger partial charge in [-0.2, -0.15) is 0 Å². The molecule has 9 heteroatoms. The summed E-state index contributed by atoms with van der Waals surface area (Å²) in [6.07, 6.45) is 4.27. The summed E-state index contributed by atoms with van der Waals surface area (Å²) in [5, 5.41) is 4.08. The number of aryl methyl sites for hydroxylation is 1. The van der Waals surface area contributed by atoms with Gasteiger partial charge in [0.05, 0.1) is 33.7 Å². The lowest BCUT2D eigenvalue weighted by atomic mass is 9.95. The molecule has 7 nitrogen and oxygen atoms in total. The zero-order valence-corrected chi connectivity index (χ0v) is 19.4. The van der Waals surface area contributed by atoms with Crippen molar-refractivity contribution in [3.63, 3.8) is 0 Å². The van der Waals surface area contributed by atoms with E-state index in [1.54, 1.807) is 6.07 Å². The lowest BCUT2D eigenvalue weighted by Crippen LogP contribution is -2.44. The lowest BCUT2D eigenvalue weighted by Gasteiger charge is -2.32. The Balaban J connectivity index is 1.42. The van der Waals surface area contributed by atoms with E-state index in [1.165, 1.54) is 0 Å². The summed E-state index contributed by atoms with van der Waals surface area (Å²) >= 11 is 12.6. The highest BCUT2D eigenvalue weighted by atomic mass is 35.5. The Morgan fingerprint density at radius 1 is 1.16 bits per heavy atom. The van der Waals surface area contributed by atoms with Crippen molar-refractivity contribution in [2.75, 3.05) is 31.2 Å². The normalized spacial score (nSPS) is 19.6. The van der Waals surface area contributed by atoms with E-state index < -0.39 is 0 Å². The molecule has 0 aliphatic carbocycles. The second-order valence-electron chi connectivity index (χ2n) is 8.53. The van der Waals surface area contributed by atoms with E-state index in [9.17, 15) is 4.79 Å². The van der Waals surface area contributed by atoms with Gasteiger partial charge in [0.2, 0.25) is 11.9 Å². The molecule has 32 heavy (non-hydrogen) atoms. The summed E-state index contributed by atoms with van der Waals surface area (Å²) in [6.45, 7) is 4.81. The minimum Gasteiger partial charge on any atom is -0.379 e. The first-order valence-corrected chi connectivity index (χ1v) is 11.7. The summed E-state index contributed by atoms with van der Waals surface area (Å²) in [4.78, 5) is 24.4. The molecule has 5 rings (SSSR count). The van der Waals surface area contributed by atoms with Crippen LogP contribution in [0.3, 0.4) is 0 Å². The highest BCUT2D eigenvalue weighted by molar-refractivity contribution is 6.42. The topological polar surface area (TPSA) is 72.3 Å². The molecule has 0 saturated carbocycles. The number of rotatable bonds is 4. The number of piperidine rings is 1. The minimum absolute atomic E-state index is 0.00562. The van der Waals surface area contributed by atoms with E-state index in [-0.39, 0.29) is 17.9 Å². The largest absolute Gasteiger partial charge is 0.379 e. The molecular formula is C23H25Cl2N5O2. The maximum Gasteiger partial charge on any atom is 0.223 e. The van der Waals surface area contributed by atoms with Gasteiger partial charge in [-0.1, -0.05) is 29.3 Å². The SMILES string of the molecule is Cc1ccc(-n2c(N3CCC(C(=O)N[C@@H]4CCOC4)CC3)nc3cc(Cl)c(Cl)cc32)nc1. The molecule has 1 aromatic carbocycles. The Hall–Kier alpha value is -2.35. The van der Waals surface area contributed by atoms with E-state index in [2.05, 4.69) is 15.2 Å². The predicted molar refractivity (Wildman–Crippen MR) is 126 cm³/mol. The van der Waals surface area contributed by atoms with Gasteiger partial charge >= 0.3 is 0 Å². The maximum atomic E-state index is 12.7. The molecule has 1 atom stereocenters. The number of benzene rings is 1. The van der Waals surface area contributed by atoms with Crippen LogP contribution in [0.4, 0.5) is 5.95 Å². The number of hydrogen-bond acceptors (Lipinski definition) is 5. The number of aromatic nitrogens is 3. The molecular weight excluding hydrogens is 449 g/mol. The molecule has 3 aromatic rings. The highest BCUT2D eigenvalue weighted by Gasteiger charge is 2.30. The number of nitrogens with one attached hydrogen (secondary N) is 1. The fraction of sp³-hybridized carbons (Fsp3) is 0.435. The van der Waals surface area contributed by atoms with Crippen LogP contribution in [0, 0.1) is 12.8 Å². The monoisotopic (exact) mass is 473 g/mol. The van der Waals surface area contributed by atoms with Crippen LogP contribution in [0.2, 0.25) is 10.0 Å². The fourth-order valence-corrected chi connectivity index (χ4v) is 4.72. The van der Waals surface area contributed by atoms with Gasteiger partial charge in [0.15, 0.2) is 0 Å². The van der Waals surface area contributed by atoms with Crippen molar-refractivity contribution in [1.29, 1.82) is 0 Å². The Morgan fingerprint density at radius 2 is 1.94 bits per heavy atom. The van der Waals surface area contributed by atoms with Crippen molar-refractivity contribution >= 4 is 46.1 Å². The standard InChI is InChI=1S/C23H25Cl2N5O2/c1-14-2-3-21(26-12-14)30-20-11-18(25)17(24)10-19(20)28-23(30)29-7-4-15(5-8-29)22(31)27-16-6-9-32-13-16/h2-3,10-12,15-16H,4-9,13H2,1H3,(H,27,31)/t16-/m1/s1. The van der Waals surface area contributed by atoms with Crippen LogP contribution in [0.15, 0.2) is 30.5 Å². The first kappa shape index (κ1) is 21.5. The summed E-state index contributed by atoms with van der Waals surface area (Å²) in [7, 11) is 0. The van der Waals surface area contributed by atoms with Crippen molar-refractivity contribution < 1.29 is 9.53 Å². The number of pyridine rings is 1. The Labute approximate surface area is 196 Å². The quantitative estimate of drug-likeness (QED) is 0.615. The summed E-state index contributed by atoms with van der Waals surface area (Å²) in [6, 6.07) is 7.77. The van der Waals surface area contributed by atoms with Gasteiger partial charge < -0.3 is 15.0 Å². The minimum atomic E-state index is 0.00562. The summed E-state index contributed by atoms with van der Waals surface area (Å²) in [5.41, 5.74) is 2.70. The van der Waals surface area contributed by atoms with Crippen LogP contribution in [0.5, 0.6) is 0 Å². The molecule has 2 aromatic heterocycles. The number of anilines is 1. The molecule has 0 bridgehead atoms. The maximum absolute atomic E-state index is 12.7. The van der Waals surface area contributed by atoms with Crippen LogP contribution in [-0.4, -0.2) is 52.8 Å². The molecule has 0 spiro atoms. The fourth-order valence-electron chi connectivity index (χ4n) is 4.40. The van der Waals surface area contributed by atoms with Crippen LogP contribution in [-0.2, 0) is 9.53 Å². The van der Waals surface area contributed by atoms with Gasteiger partial charge in [0, 0.05) is 31.8 Å². The van der Waals surface area contributed by atoms with Crippen LogP contribution >= 0.6 is 23.2 Å². The van der Waals surface area contributed by atoms with Gasteiger partial charge in [-0.15, -0.1) is 0 Å². The number of ether oxygens (including phenoxy) is 1. The number of nitrogens with zero attached hydrogens (tertiary/aromatic N) is 4. The van der Waals surface area contributed by atoms with Gasteiger partial charge in [-0.05, 0) is 49.9 Å². The van der Waals surface area contributed by atoms with Gasteiger partial charge in [-0.25, -0.2) is 9.97 Å². The summed E-state index contributed by atoms with van der Waals surface area (Å²) in [5.74, 6) is 1.70. The number of halogens is 2. The molecule has 168 valence electrons. The van der Waals surface area contributed by atoms with Crippen molar-refractivity contribution in [3.8, 4) is 5.82 Å². The smallest absolute Gasteiger partial charge is 0.223 e. The zero-order valence-electron chi connectivity index (χ0n) is 17.9. The molecule has 2 fully saturated rings. The molecule has 1 N–H and O–H groups in total. The van der Waals surface area contributed by atoms with Crippen molar-refractivity contribution in [2.45, 2.75) is 32.2 Å². The molecule has 2 aliphatic rings. The number of amides is 1. The first-order valence-electron chi connectivity index (χ1n) is 10.9. The van der Waals surface area contributed by atoms with Crippen molar-refractivity contribution in [3.05, 3.63) is 46.1 Å². The summed E-state index contributed by atoms with van der Waals surface area (Å²) < 4.78 is 7.39. The van der Waals surface area contributed by atoms with E-state index in [0.29, 0.717) is 16.7 Å². The van der Waals surface area contributed by atoms with E-state index in [0.717, 1.165) is 67.3 Å². The average Bonchev–Trinajstić information content (AvgIpc) is 3.43. The third-order valence-electron chi connectivity index (χ3n) is 6.23. The van der Waals surface area contributed by atoms with Crippen LogP contribution in [0.1, 0.15) is 24.8 Å². The van der Waals surface area contributed by atoms with Crippen molar-refractivity contribution in [2.24, 2.45) is 5.92 Å². The lowest BCUT2D eigenvalue weighted by molar-refractivity contribution is -0.126. The molecule has 0 unspecified atom stereocenters. The molecule has 4 heterocycles. The molecule has 0 radical (unpaired) electrons. The van der Waals surface area contributed by atoms with Gasteiger partial charge in [0.25, 0.3) is 0 Å². The molecule has 1 amide bonds. The second-order valence-corrected chi connectivity index (χ2v) is 9.34. The number of fused-ring (bicyclic) bond motifs is 1. The van der Waals surface area contributed by atoms with E-state index >= 15 is 0 Å². The first-order chi connectivity index (χ1) is 15.5. The third-order valence-corrected chi connectivity index (χ3v) is 6.95. The zero-order chi connectivity index (χ0) is 22.2. The van der Waals surface area contributed by atoms with Crippen LogP contribution < -0.4 is 10.2 Å². The van der Waals surface area contributed by atoms with Crippen molar-refractivity contribution in [1.82, 2.24) is 19.9 Å². The average molecular weight is 474 g/mol. The predicted octanol–water partition coefficient (Wildman–Crippen LogP) is 4.16. The Kier molecular flexibility index (Phi) is 5.97. The van der Waals surface area contributed by atoms with Gasteiger partial charge in [0.1, 0.15) is 5.82 Å².